The van der Waals surface area contributed by atoms with E-state index < -0.39 is 39.3 Å². The summed E-state index contributed by atoms with van der Waals surface area (Å²) in [5.74, 6) is 0.305. The molecule has 2 aliphatic heterocycles. The number of fused-ring (bicyclic) bond motifs is 1. The third-order valence-corrected chi connectivity index (χ3v) is 7.65. The predicted molar refractivity (Wildman–Crippen MR) is 128 cm³/mol. The van der Waals surface area contributed by atoms with Crippen LogP contribution in [0.3, 0.4) is 0 Å². The first kappa shape index (κ1) is 26.6. The zero-order valence-electron chi connectivity index (χ0n) is 20.2. The van der Waals surface area contributed by atoms with Crippen LogP contribution in [0.25, 0.3) is 0 Å². The van der Waals surface area contributed by atoms with Crippen molar-refractivity contribution in [2.75, 3.05) is 26.2 Å². The van der Waals surface area contributed by atoms with Crippen molar-refractivity contribution >= 4 is 26.2 Å². The summed E-state index contributed by atoms with van der Waals surface area (Å²) >= 11 is 0. The van der Waals surface area contributed by atoms with Crippen LogP contribution in [0.2, 0.25) is 0 Å². The van der Waals surface area contributed by atoms with Gasteiger partial charge in [0.1, 0.15) is 37.9 Å². The van der Waals surface area contributed by atoms with Crippen molar-refractivity contribution in [3.05, 3.63) is 42.4 Å². The first-order valence-corrected chi connectivity index (χ1v) is 13.2. The Bertz CT molecular complexity index is 1090. The smallest absolute Gasteiger partial charge is 0.539 e. The monoisotopic (exact) mass is 524 g/mol. The standard InChI is InChI=1S/C22H31N5O8P/c1-4-27(5-2,6-3)35-36(31,33-15-10-8-7-9-11-15)34-21-17-20(23-13-24-21)26(14-25-17)22-19(30)18(29)16(12-28)32-22/h7-11,13-14,16,18-19,22,28-30H,4-6,12H2,1-3H3/q+2/t16-,18-,19-,22-,36?/m1/s1. The Hall–Kier alpha value is -2.48. The minimum atomic E-state index is -4.31. The van der Waals surface area contributed by atoms with E-state index in [1.165, 1.54) is 17.2 Å². The van der Waals surface area contributed by atoms with Gasteiger partial charge in [-0.2, -0.15) is 0 Å². The van der Waals surface area contributed by atoms with Crippen molar-refractivity contribution in [1.82, 2.24) is 14.5 Å². The normalized spacial score (nSPS) is 25.2. The molecule has 1 radical (unpaired) electrons. The third kappa shape index (κ3) is 5.15. The molecular weight excluding hydrogens is 493 g/mol. The summed E-state index contributed by atoms with van der Waals surface area (Å²) < 4.78 is 24.6. The number of aliphatic hydroxyl groups excluding tert-OH is 3. The Kier molecular flexibility index (Phi) is 8.03. The lowest BCUT2D eigenvalue weighted by atomic mass is 10.1. The van der Waals surface area contributed by atoms with Crippen LogP contribution in [0.15, 0.2) is 41.7 Å². The van der Waals surface area contributed by atoms with E-state index in [1.807, 2.05) is 20.8 Å². The lowest BCUT2D eigenvalue weighted by molar-refractivity contribution is -1.08. The van der Waals surface area contributed by atoms with Crippen LogP contribution < -0.4 is 14.4 Å². The van der Waals surface area contributed by atoms with Crippen molar-refractivity contribution in [3.63, 3.8) is 0 Å². The highest BCUT2D eigenvalue weighted by Crippen LogP contribution is 2.56. The van der Waals surface area contributed by atoms with E-state index in [0.717, 1.165) is 0 Å². The quantitative estimate of drug-likeness (QED) is 0.224. The number of nitrogens with zero attached hydrogens (tertiary/aromatic N) is 5. The summed E-state index contributed by atoms with van der Waals surface area (Å²) in [6.07, 6.45) is -2.20. The van der Waals surface area contributed by atoms with E-state index in [0.29, 0.717) is 19.6 Å². The molecule has 13 nitrogen and oxygen atoms in total. The molecule has 36 heavy (non-hydrogen) atoms. The molecule has 0 bridgehead atoms. The lowest BCUT2D eigenvalue weighted by Crippen LogP contribution is -2.49. The number of hydroxylamine groups is 3. The molecule has 2 aliphatic rings. The molecule has 4 rings (SSSR count). The van der Waals surface area contributed by atoms with E-state index in [4.69, 9.17) is 18.4 Å². The summed E-state index contributed by atoms with van der Waals surface area (Å²) in [7, 11) is -4.31. The number of imidazole rings is 1. The zero-order chi connectivity index (χ0) is 25.9. The van der Waals surface area contributed by atoms with Crippen LogP contribution in [0.1, 0.15) is 32.7 Å². The molecule has 1 aromatic heterocycles. The second-order valence-electron chi connectivity index (χ2n) is 8.26. The average Bonchev–Trinajstić information content (AvgIpc) is 3.44. The number of para-hydroxylation sites is 1. The highest BCUT2D eigenvalue weighted by atomic mass is 31.2. The summed E-state index contributed by atoms with van der Waals surface area (Å²) in [5.41, 5.74) is 0.110. The second kappa shape index (κ2) is 10.9. The van der Waals surface area contributed by atoms with Crippen LogP contribution in [0.4, 0.5) is 5.82 Å². The van der Waals surface area contributed by atoms with E-state index >= 15 is 0 Å². The van der Waals surface area contributed by atoms with Crippen LogP contribution in [-0.2, 0) is 13.9 Å². The topological polar surface area (TPSA) is 165 Å². The Balaban J connectivity index is 1.65. The number of ether oxygens (including phenoxy) is 1. The molecule has 0 amide bonds. The number of phosphoric ester groups is 1. The van der Waals surface area contributed by atoms with Gasteiger partial charge in [0.05, 0.1) is 6.61 Å². The molecule has 1 saturated heterocycles. The van der Waals surface area contributed by atoms with Crippen LogP contribution >= 0.6 is 8.17 Å². The van der Waals surface area contributed by atoms with Gasteiger partial charge in [-0.05, 0) is 32.9 Å². The Morgan fingerprint density at radius 1 is 1.11 bits per heavy atom. The molecule has 3 N–H and O–H groups in total. The van der Waals surface area contributed by atoms with Gasteiger partial charge in [0, 0.05) is 4.62 Å². The molecule has 5 atom stereocenters. The molecule has 14 heteroatoms. The highest BCUT2D eigenvalue weighted by Gasteiger charge is 2.52. The van der Waals surface area contributed by atoms with Crippen molar-refractivity contribution < 1.29 is 43.3 Å². The zero-order valence-corrected chi connectivity index (χ0v) is 21.1. The highest BCUT2D eigenvalue weighted by molar-refractivity contribution is 7.54. The van der Waals surface area contributed by atoms with Gasteiger partial charge >= 0.3 is 19.9 Å². The number of hydrogen-bond acceptors (Lipinski definition) is 11. The van der Waals surface area contributed by atoms with Gasteiger partial charge in [-0.25, -0.2) is 14.1 Å². The van der Waals surface area contributed by atoms with Gasteiger partial charge in [-0.3, -0.25) is 4.52 Å². The fourth-order valence-corrected chi connectivity index (χ4v) is 5.62. The molecule has 0 aliphatic carbocycles. The lowest BCUT2D eigenvalue weighted by Gasteiger charge is -2.34. The van der Waals surface area contributed by atoms with E-state index in [-0.39, 0.29) is 27.8 Å². The number of aliphatic imine (C=N–C) groups is 2. The van der Waals surface area contributed by atoms with Crippen LogP contribution in [0, 0.1) is 0 Å². The molecule has 1 aromatic carbocycles. The maximum atomic E-state index is 14.0. The minimum Gasteiger partial charge on any atom is -0.586 e. The Morgan fingerprint density at radius 2 is 1.81 bits per heavy atom. The predicted octanol–water partition coefficient (Wildman–Crippen LogP) is 0.192. The van der Waals surface area contributed by atoms with Gasteiger partial charge in [-0.1, -0.05) is 28.2 Å². The van der Waals surface area contributed by atoms with E-state index in [1.54, 1.807) is 30.3 Å². The third-order valence-electron chi connectivity index (χ3n) is 6.28. The number of quaternary nitrogens is 1. The maximum absolute atomic E-state index is 14.0. The molecular formula is C22H31N5O8P+2. The van der Waals surface area contributed by atoms with Gasteiger partial charge < -0.3 is 24.9 Å². The molecule has 0 saturated carbocycles. The van der Waals surface area contributed by atoms with Crippen molar-refractivity contribution in [1.29, 1.82) is 0 Å². The number of benzene rings is 1. The van der Waals surface area contributed by atoms with Gasteiger partial charge in [0.25, 0.3) is 6.34 Å². The summed E-state index contributed by atoms with van der Waals surface area (Å²) in [5, 5.41) is 30.0. The van der Waals surface area contributed by atoms with E-state index in [2.05, 4.69) is 15.0 Å². The summed E-state index contributed by atoms with van der Waals surface area (Å²) in [4.78, 5) is 26.6. The number of aliphatic hydroxyl groups is 3. The largest absolute Gasteiger partial charge is 0.586 e. The van der Waals surface area contributed by atoms with Crippen molar-refractivity contribution in [2.45, 2.75) is 45.3 Å². The fourth-order valence-electron chi connectivity index (χ4n) is 4.02. The first-order valence-electron chi connectivity index (χ1n) is 11.7. The van der Waals surface area contributed by atoms with Crippen LogP contribution in [0.5, 0.6) is 5.75 Å². The average molecular weight is 524 g/mol. The molecule has 3 heterocycles. The van der Waals surface area contributed by atoms with Crippen molar-refractivity contribution in [2.24, 2.45) is 4.99 Å². The fraction of sp³-hybridized carbons (Fsp3) is 0.500. The van der Waals surface area contributed by atoms with Gasteiger partial charge in [0.2, 0.25) is 11.9 Å². The number of hydrogen-bond donors (Lipinski definition) is 3. The summed E-state index contributed by atoms with van der Waals surface area (Å²) in [6, 6.07) is 8.51. The molecule has 1 fully saturated rings. The Morgan fingerprint density at radius 3 is 2.42 bits per heavy atom. The van der Waals surface area contributed by atoms with Gasteiger partial charge in [0.15, 0.2) is 12.1 Å². The minimum absolute atomic E-state index is 0.00925. The SMILES string of the molecule is CC[N+](CC)(CC)O[P+]([O-])(OC1=NC=[N+]c2c1ncn2[C@@H]1O[C@H](CO)[C@@H](O)[C@H]1O)Oc1ccccc1. The first-order chi connectivity index (χ1) is 17.3. The number of rotatable bonds is 10. The van der Waals surface area contributed by atoms with Gasteiger partial charge in [-0.15, -0.1) is 4.65 Å². The molecule has 1 unspecified atom stereocenters. The molecule has 2 aromatic rings. The Labute approximate surface area is 209 Å². The second-order valence-corrected chi connectivity index (χ2v) is 9.69. The summed E-state index contributed by atoms with van der Waals surface area (Å²) in [6.45, 7) is 6.78. The number of phosphoric acid groups is 1. The molecule has 0 spiro atoms. The number of aromatic nitrogens is 2. The molecule has 195 valence electrons. The maximum Gasteiger partial charge on any atom is 0.539 e. The van der Waals surface area contributed by atoms with E-state index in [9.17, 15) is 20.2 Å². The van der Waals surface area contributed by atoms with Crippen LogP contribution in [-0.4, -0.2) is 86.3 Å². The van der Waals surface area contributed by atoms with Crippen molar-refractivity contribution in [3.8, 4) is 5.75 Å².